The van der Waals surface area contributed by atoms with Crippen LogP contribution in [0.1, 0.15) is 48.2 Å². The molecule has 1 amide bonds. The first-order chi connectivity index (χ1) is 17.6. The first-order valence-corrected chi connectivity index (χ1v) is 13.2. The summed E-state index contributed by atoms with van der Waals surface area (Å²) >= 11 is 0. The second kappa shape index (κ2) is 10.2. The Balaban J connectivity index is 1.43. The van der Waals surface area contributed by atoms with E-state index in [1.807, 2.05) is 30.8 Å². The van der Waals surface area contributed by atoms with Gasteiger partial charge in [0.1, 0.15) is 5.82 Å². The number of hydrogen-bond donors (Lipinski definition) is 1. The molecule has 8 heteroatoms. The third-order valence-electron chi connectivity index (χ3n) is 8.01. The van der Waals surface area contributed by atoms with Crippen molar-refractivity contribution in [2.45, 2.75) is 51.7 Å². The van der Waals surface area contributed by atoms with Gasteiger partial charge in [0.05, 0.1) is 28.6 Å². The van der Waals surface area contributed by atoms with E-state index < -0.39 is 11.4 Å². The number of ether oxygens (including phenoxy) is 1. The molecule has 0 bridgehead atoms. The smallest absolute Gasteiger partial charge is 0.256 e. The van der Waals surface area contributed by atoms with Crippen molar-refractivity contribution in [2.75, 3.05) is 39.9 Å². The average Bonchev–Trinajstić information content (AvgIpc) is 3.21. The molecule has 4 heterocycles. The number of carbonyl (C=O) groups excluding carboxylic acids is 1. The highest BCUT2D eigenvalue weighted by Crippen LogP contribution is 2.33. The fourth-order valence-electron chi connectivity index (χ4n) is 5.68. The predicted octanol–water partition coefficient (Wildman–Crippen LogP) is 3.97. The lowest BCUT2D eigenvalue weighted by Crippen LogP contribution is -2.55. The number of aryl methyl sites for hydroxylation is 1. The summed E-state index contributed by atoms with van der Waals surface area (Å²) in [6.45, 7) is 9.77. The van der Waals surface area contributed by atoms with E-state index in [0.717, 1.165) is 36.0 Å². The summed E-state index contributed by atoms with van der Waals surface area (Å²) in [4.78, 5) is 21.7. The molecule has 2 fully saturated rings. The molecule has 1 N–H and O–H groups in total. The molecule has 198 valence electrons. The van der Waals surface area contributed by atoms with Crippen molar-refractivity contribution in [3.8, 4) is 5.69 Å². The van der Waals surface area contributed by atoms with E-state index in [1.165, 1.54) is 17.7 Å². The summed E-state index contributed by atoms with van der Waals surface area (Å²) < 4.78 is 21.7. The Bertz CT molecular complexity index is 1290. The van der Waals surface area contributed by atoms with Crippen LogP contribution in [0, 0.1) is 18.7 Å². The number of likely N-dealkylation sites (tertiary alicyclic amines) is 1. The summed E-state index contributed by atoms with van der Waals surface area (Å²) in [5, 5.41) is 12.0. The van der Waals surface area contributed by atoms with Gasteiger partial charge in [0.15, 0.2) is 0 Å². The van der Waals surface area contributed by atoms with Crippen LogP contribution >= 0.6 is 0 Å². The van der Waals surface area contributed by atoms with Crippen molar-refractivity contribution >= 4 is 16.8 Å². The number of carbonyl (C=O) groups is 1. The van der Waals surface area contributed by atoms with Gasteiger partial charge >= 0.3 is 0 Å². The zero-order chi connectivity index (χ0) is 26.3. The third kappa shape index (κ3) is 5.15. The van der Waals surface area contributed by atoms with Crippen molar-refractivity contribution in [1.82, 2.24) is 19.4 Å². The number of aromatic nitrogens is 2. The molecule has 2 aliphatic rings. The normalized spacial score (nSPS) is 18.4. The number of nitrogens with zero attached hydrogens (tertiary/aromatic N) is 4. The minimum Gasteiger partial charge on any atom is -0.388 e. The van der Waals surface area contributed by atoms with Gasteiger partial charge in [-0.15, -0.1) is 0 Å². The van der Waals surface area contributed by atoms with E-state index in [9.17, 15) is 14.3 Å². The van der Waals surface area contributed by atoms with E-state index in [1.54, 1.807) is 18.0 Å². The van der Waals surface area contributed by atoms with Crippen molar-refractivity contribution in [3.63, 3.8) is 0 Å². The predicted molar refractivity (Wildman–Crippen MR) is 142 cm³/mol. The van der Waals surface area contributed by atoms with Gasteiger partial charge in [0, 0.05) is 76.6 Å². The SMILES string of the molecule is Cc1cncc2c1c(CC1CN(CC3(O)CCOCC3)C1)cn2-c1ccc(F)cc1C(=O)N(C)C(C)C. The van der Waals surface area contributed by atoms with E-state index in [2.05, 4.69) is 23.0 Å². The molecule has 5 rings (SSSR count). The zero-order valence-electron chi connectivity index (χ0n) is 22.2. The minimum atomic E-state index is -0.643. The van der Waals surface area contributed by atoms with Gasteiger partial charge in [-0.2, -0.15) is 0 Å². The highest BCUT2D eigenvalue weighted by Gasteiger charge is 2.37. The van der Waals surface area contributed by atoms with E-state index >= 15 is 0 Å². The molecular weight excluding hydrogens is 471 g/mol. The molecule has 0 radical (unpaired) electrons. The highest BCUT2D eigenvalue weighted by atomic mass is 19.1. The molecule has 7 nitrogen and oxygen atoms in total. The summed E-state index contributed by atoms with van der Waals surface area (Å²) in [6.07, 6.45) is 8.06. The maximum absolute atomic E-state index is 14.3. The first-order valence-electron chi connectivity index (χ1n) is 13.2. The number of rotatable bonds is 7. The molecule has 2 aromatic heterocycles. The number of halogens is 1. The standard InChI is InChI=1S/C29H37FN4O3/c1-19(2)32(4)28(35)24-12-23(30)5-6-25(24)34-17-22(27-20(3)13-31-14-26(27)34)11-21-15-33(16-21)18-29(36)7-9-37-10-8-29/h5-6,12-14,17,19,21,36H,7-11,15-16,18H2,1-4H3. The molecule has 0 saturated carbocycles. The highest BCUT2D eigenvalue weighted by molar-refractivity contribution is 5.99. The summed E-state index contributed by atoms with van der Waals surface area (Å²) in [5.74, 6) is -0.165. The fraction of sp³-hybridized carbons (Fsp3) is 0.517. The number of hydrogen-bond acceptors (Lipinski definition) is 5. The van der Waals surface area contributed by atoms with Crippen molar-refractivity contribution in [1.29, 1.82) is 0 Å². The Morgan fingerprint density at radius 3 is 2.70 bits per heavy atom. The van der Waals surface area contributed by atoms with Crippen molar-refractivity contribution in [3.05, 3.63) is 59.3 Å². The molecule has 0 spiro atoms. The lowest BCUT2D eigenvalue weighted by atomic mass is 9.87. The van der Waals surface area contributed by atoms with Crippen LogP contribution < -0.4 is 0 Å². The topological polar surface area (TPSA) is 70.8 Å². The number of amides is 1. The first kappa shape index (κ1) is 25.8. The van der Waals surface area contributed by atoms with Gasteiger partial charge < -0.3 is 19.3 Å². The Kier molecular flexibility index (Phi) is 7.09. The monoisotopic (exact) mass is 508 g/mol. The maximum atomic E-state index is 14.3. The van der Waals surface area contributed by atoms with Gasteiger partial charge in [-0.25, -0.2) is 4.39 Å². The van der Waals surface area contributed by atoms with Crippen LogP contribution in [0.25, 0.3) is 16.6 Å². The van der Waals surface area contributed by atoms with Gasteiger partial charge in [-0.1, -0.05) is 0 Å². The fourth-order valence-corrected chi connectivity index (χ4v) is 5.68. The van der Waals surface area contributed by atoms with Gasteiger partial charge in [-0.3, -0.25) is 14.7 Å². The molecule has 1 aromatic carbocycles. The largest absolute Gasteiger partial charge is 0.388 e. The van der Waals surface area contributed by atoms with Crippen LogP contribution in [0.15, 0.2) is 36.8 Å². The van der Waals surface area contributed by atoms with Gasteiger partial charge in [-0.05, 0) is 62.4 Å². The van der Waals surface area contributed by atoms with E-state index in [0.29, 0.717) is 49.8 Å². The number of benzene rings is 1. The van der Waals surface area contributed by atoms with Crippen molar-refractivity contribution in [2.24, 2.45) is 5.92 Å². The molecular formula is C29H37FN4O3. The van der Waals surface area contributed by atoms with E-state index in [-0.39, 0.29) is 11.9 Å². The number of fused-ring (bicyclic) bond motifs is 1. The second-order valence-corrected chi connectivity index (χ2v) is 11.1. The number of pyridine rings is 1. The number of aliphatic hydroxyl groups is 1. The second-order valence-electron chi connectivity index (χ2n) is 11.1. The third-order valence-corrected chi connectivity index (χ3v) is 8.01. The summed E-state index contributed by atoms with van der Waals surface area (Å²) in [5.41, 5.74) is 3.53. The molecule has 2 saturated heterocycles. The lowest BCUT2D eigenvalue weighted by Gasteiger charge is -2.45. The van der Waals surface area contributed by atoms with Crippen LogP contribution in [-0.4, -0.2) is 81.9 Å². The molecule has 37 heavy (non-hydrogen) atoms. The average molecular weight is 509 g/mol. The van der Waals surface area contributed by atoms with Crippen LogP contribution in [0.3, 0.4) is 0 Å². The van der Waals surface area contributed by atoms with Crippen molar-refractivity contribution < 1.29 is 19.0 Å². The Morgan fingerprint density at radius 1 is 1.27 bits per heavy atom. The van der Waals surface area contributed by atoms with Gasteiger partial charge in [0.2, 0.25) is 0 Å². The summed E-state index contributed by atoms with van der Waals surface area (Å²) in [6, 6.07) is 4.41. The van der Waals surface area contributed by atoms with Crippen LogP contribution in [-0.2, 0) is 11.2 Å². The van der Waals surface area contributed by atoms with E-state index in [4.69, 9.17) is 4.74 Å². The maximum Gasteiger partial charge on any atom is 0.256 e. The quantitative estimate of drug-likeness (QED) is 0.523. The van der Waals surface area contributed by atoms with Gasteiger partial charge in [0.25, 0.3) is 5.91 Å². The molecule has 0 atom stereocenters. The minimum absolute atomic E-state index is 0.00902. The Hall–Kier alpha value is -2.81. The van der Waals surface area contributed by atoms with Crippen LogP contribution in [0.5, 0.6) is 0 Å². The zero-order valence-corrected chi connectivity index (χ0v) is 22.2. The molecule has 3 aromatic rings. The lowest BCUT2D eigenvalue weighted by molar-refractivity contribution is -0.0943. The Morgan fingerprint density at radius 2 is 2.00 bits per heavy atom. The Labute approximate surface area is 217 Å². The summed E-state index contributed by atoms with van der Waals surface area (Å²) in [7, 11) is 1.74. The van der Waals surface area contributed by atoms with Crippen LogP contribution in [0.2, 0.25) is 0 Å². The number of β-amino-alcohol motifs (C(OH)–C–C–N with tert-alkyl or cyclic N) is 1. The molecule has 0 aliphatic carbocycles. The molecule has 2 aliphatic heterocycles. The van der Waals surface area contributed by atoms with Crippen LogP contribution in [0.4, 0.5) is 4.39 Å². The molecule has 0 unspecified atom stereocenters.